The van der Waals surface area contributed by atoms with E-state index in [1.807, 2.05) is 32.8 Å². The predicted octanol–water partition coefficient (Wildman–Crippen LogP) is 2.43. The molecule has 0 fully saturated rings. The zero-order chi connectivity index (χ0) is 17.9. The number of amides is 1. The van der Waals surface area contributed by atoms with E-state index in [9.17, 15) is 4.79 Å². The van der Waals surface area contributed by atoms with Crippen LogP contribution in [0.3, 0.4) is 0 Å². The van der Waals surface area contributed by atoms with Crippen molar-refractivity contribution in [3.8, 4) is 11.5 Å². The number of ether oxygens (including phenoxy) is 2. The Bertz CT molecular complexity index is 736. The summed E-state index contributed by atoms with van der Waals surface area (Å²) in [7, 11) is 6.82. The molecule has 1 amide bonds. The third-order valence-electron chi connectivity index (χ3n) is 3.54. The van der Waals surface area contributed by atoms with Crippen LogP contribution < -0.4 is 19.7 Å². The minimum atomic E-state index is -0.261. The number of benzene rings is 1. The summed E-state index contributed by atoms with van der Waals surface area (Å²) in [5.41, 5.74) is 2.49. The third-order valence-corrected chi connectivity index (χ3v) is 3.54. The summed E-state index contributed by atoms with van der Waals surface area (Å²) in [6, 6.07) is 5.00. The zero-order valence-electron chi connectivity index (χ0n) is 14.8. The van der Waals surface area contributed by atoms with Crippen molar-refractivity contribution < 1.29 is 14.3 Å². The van der Waals surface area contributed by atoms with E-state index in [0.29, 0.717) is 40.1 Å². The van der Waals surface area contributed by atoms with Crippen LogP contribution in [0.2, 0.25) is 0 Å². The first-order valence-corrected chi connectivity index (χ1v) is 7.43. The van der Waals surface area contributed by atoms with Gasteiger partial charge >= 0.3 is 0 Å². The second-order valence-electron chi connectivity index (χ2n) is 5.49. The molecule has 1 aromatic heterocycles. The molecule has 0 unspecified atom stereocenters. The molecule has 0 aliphatic heterocycles. The first-order valence-electron chi connectivity index (χ1n) is 7.43. The average molecular weight is 330 g/mol. The molecule has 2 aromatic rings. The number of aromatic nitrogens is 2. The zero-order valence-corrected chi connectivity index (χ0v) is 14.8. The smallest absolute Gasteiger partial charge is 0.255 e. The quantitative estimate of drug-likeness (QED) is 0.907. The Morgan fingerprint density at radius 3 is 2.12 bits per heavy atom. The number of carbonyl (C=O) groups excluding carboxylic acids is 1. The van der Waals surface area contributed by atoms with Gasteiger partial charge < -0.3 is 19.7 Å². The lowest BCUT2D eigenvalue weighted by Gasteiger charge is -2.16. The molecule has 0 radical (unpaired) electrons. The first-order chi connectivity index (χ1) is 11.4. The van der Waals surface area contributed by atoms with E-state index in [-0.39, 0.29) is 5.91 Å². The van der Waals surface area contributed by atoms with Crippen molar-refractivity contribution in [2.45, 2.75) is 13.8 Å². The Morgan fingerprint density at radius 2 is 1.62 bits per heavy atom. The van der Waals surface area contributed by atoms with Crippen LogP contribution in [-0.2, 0) is 0 Å². The van der Waals surface area contributed by atoms with Gasteiger partial charge in [0.05, 0.1) is 31.3 Å². The summed E-state index contributed by atoms with van der Waals surface area (Å²) in [5, 5.41) is 2.87. The number of hydrogen-bond acceptors (Lipinski definition) is 6. The fourth-order valence-electron chi connectivity index (χ4n) is 2.24. The van der Waals surface area contributed by atoms with E-state index in [1.54, 1.807) is 25.3 Å². The van der Waals surface area contributed by atoms with Crippen LogP contribution in [0.1, 0.15) is 21.7 Å². The Labute approximate surface area is 141 Å². The van der Waals surface area contributed by atoms with Crippen molar-refractivity contribution in [3.05, 3.63) is 35.2 Å². The lowest BCUT2D eigenvalue weighted by Crippen LogP contribution is -2.18. The molecule has 7 nitrogen and oxygen atoms in total. The maximum absolute atomic E-state index is 12.5. The molecule has 0 saturated heterocycles. The Balaban J connectivity index is 2.30. The van der Waals surface area contributed by atoms with Gasteiger partial charge in [0, 0.05) is 19.7 Å². The van der Waals surface area contributed by atoms with Crippen molar-refractivity contribution in [3.63, 3.8) is 0 Å². The topological polar surface area (TPSA) is 76.6 Å². The Kier molecular flexibility index (Phi) is 5.23. The molecular formula is C17H22N4O3. The Morgan fingerprint density at radius 1 is 1.04 bits per heavy atom. The van der Waals surface area contributed by atoms with Crippen molar-refractivity contribution in [2.75, 3.05) is 38.5 Å². The van der Waals surface area contributed by atoms with Gasteiger partial charge in [0.25, 0.3) is 5.91 Å². The lowest BCUT2D eigenvalue weighted by molar-refractivity contribution is 0.102. The number of carbonyl (C=O) groups is 1. The maximum atomic E-state index is 12.5. The summed E-state index contributed by atoms with van der Waals surface area (Å²) in [6.07, 6.45) is 0. The summed E-state index contributed by atoms with van der Waals surface area (Å²) in [6.45, 7) is 3.68. The second kappa shape index (κ2) is 7.16. The van der Waals surface area contributed by atoms with Crippen LogP contribution in [0.5, 0.6) is 11.5 Å². The van der Waals surface area contributed by atoms with Gasteiger partial charge in [-0.1, -0.05) is 0 Å². The van der Waals surface area contributed by atoms with Gasteiger partial charge in [0.15, 0.2) is 11.5 Å². The lowest BCUT2D eigenvalue weighted by atomic mass is 10.1. The maximum Gasteiger partial charge on any atom is 0.255 e. The highest BCUT2D eigenvalue weighted by Gasteiger charge is 2.15. The molecule has 0 atom stereocenters. The minimum Gasteiger partial charge on any atom is -0.493 e. The van der Waals surface area contributed by atoms with Crippen molar-refractivity contribution in [1.29, 1.82) is 0 Å². The molecule has 0 spiro atoms. The molecule has 1 N–H and O–H groups in total. The van der Waals surface area contributed by atoms with Crippen LogP contribution in [0.15, 0.2) is 18.2 Å². The molecule has 0 aliphatic carbocycles. The van der Waals surface area contributed by atoms with E-state index < -0.39 is 0 Å². The number of nitrogens with one attached hydrogen (secondary N) is 1. The monoisotopic (exact) mass is 330 g/mol. The van der Waals surface area contributed by atoms with Crippen molar-refractivity contribution in [2.24, 2.45) is 0 Å². The van der Waals surface area contributed by atoms with Gasteiger partial charge in [-0.15, -0.1) is 0 Å². The molecule has 0 saturated carbocycles. The fourth-order valence-corrected chi connectivity index (χ4v) is 2.24. The molecule has 7 heteroatoms. The van der Waals surface area contributed by atoms with E-state index in [1.165, 1.54) is 7.11 Å². The number of hydrogen-bond donors (Lipinski definition) is 1. The highest BCUT2D eigenvalue weighted by molar-refractivity contribution is 6.05. The molecule has 2 rings (SSSR count). The Hall–Kier alpha value is -2.83. The molecule has 24 heavy (non-hydrogen) atoms. The van der Waals surface area contributed by atoms with Gasteiger partial charge in [-0.05, 0) is 32.0 Å². The summed E-state index contributed by atoms with van der Waals surface area (Å²) >= 11 is 0. The van der Waals surface area contributed by atoms with Gasteiger partial charge in [-0.25, -0.2) is 9.97 Å². The molecule has 1 aromatic carbocycles. The number of rotatable bonds is 5. The SMILES string of the molecule is COc1ccc(C(=O)Nc2c(C)nc(N(C)C)nc2C)cc1OC. The van der Waals surface area contributed by atoms with E-state index >= 15 is 0 Å². The van der Waals surface area contributed by atoms with Gasteiger partial charge in [-0.2, -0.15) is 0 Å². The van der Waals surface area contributed by atoms with Crippen molar-refractivity contribution >= 4 is 17.5 Å². The highest BCUT2D eigenvalue weighted by atomic mass is 16.5. The summed E-state index contributed by atoms with van der Waals surface area (Å²) < 4.78 is 10.4. The van der Waals surface area contributed by atoms with Gasteiger partial charge in [0.2, 0.25) is 5.95 Å². The number of nitrogens with zero attached hydrogens (tertiary/aromatic N) is 3. The fraction of sp³-hybridized carbons (Fsp3) is 0.353. The highest BCUT2D eigenvalue weighted by Crippen LogP contribution is 2.28. The predicted molar refractivity (Wildman–Crippen MR) is 93.3 cm³/mol. The van der Waals surface area contributed by atoms with Gasteiger partial charge in [-0.3, -0.25) is 4.79 Å². The van der Waals surface area contributed by atoms with Crippen LogP contribution in [0.4, 0.5) is 11.6 Å². The van der Waals surface area contributed by atoms with Crippen LogP contribution in [-0.4, -0.2) is 44.2 Å². The standard InChI is InChI=1S/C17H22N4O3/c1-10-15(11(2)19-17(18-10)21(3)4)20-16(22)12-7-8-13(23-5)14(9-12)24-6/h7-9H,1-6H3,(H,20,22). The molecular weight excluding hydrogens is 308 g/mol. The normalized spacial score (nSPS) is 10.2. The number of anilines is 2. The molecule has 0 aliphatic rings. The molecule has 128 valence electrons. The molecule has 1 heterocycles. The average Bonchev–Trinajstić information content (AvgIpc) is 2.56. The first kappa shape index (κ1) is 17.5. The number of methoxy groups -OCH3 is 2. The van der Waals surface area contributed by atoms with E-state index in [0.717, 1.165) is 0 Å². The van der Waals surface area contributed by atoms with Crippen LogP contribution in [0, 0.1) is 13.8 Å². The van der Waals surface area contributed by atoms with Gasteiger partial charge in [0.1, 0.15) is 0 Å². The largest absolute Gasteiger partial charge is 0.493 e. The van der Waals surface area contributed by atoms with Crippen LogP contribution in [0.25, 0.3) is 0 Å². The van der Waals surface area contributed by atoms with Crippen LogP contribution >= 0.6 is 0 Å². The summed E-state index contributed by atoms with van der Waals surface area (Å²) in [5.74, 6) is 1.41. The van der Waals surface area contributed by atoms with Crippen molar-refractivity contribution in [1.82, 2.24) is 9.97 Å². The summed E-state index contributed by atoms with van der Waals surface area (Å²) in [4.78, 5) is 23.1. The minimum absolute atomic E-state index is 0.261. The second-order valence-corrected chi connectivity index (χ2v) is 5.49. The number of aryl methyl sites for hydroxylation is 2. The third kappa shape index (κ3) is 3.56. The molecule has 0 bridgehead atoms. The van der Waals surface area contributed by atoms with E-state index in [2.05, 4.69) is 15.3 Å². The van der Waals surface area contributed by atoms with E-state index in [4.69, 9.17) is 9.47 Å².